The van der Waals surface area contributed by atoms with E-state index in [-0.39, 0.29) is 6.10 Å². The summed E-state index contributed by atoms with van der Waals surface area (Å²) in [6, 6.07) is 26.0. The smallest absolute Gasteiger partial charge is 0.331 e. The Kier molecular flexibility index (Phi) is 26.9. The second-order valence-electron chi connectivity index (χ2n) is 16.8. The first-order chi connectivity index (χ1) is 32.2. The molecule has 0 spiro atoms. The number of halogens is 6. The normalized spacial score (nSPS) is 12.6. The molecule has 0 amide bonds. The summed E-state index contributed by atoms with van der Waals surface area (Å²) < 4.78 is 111. The maximum atomic E-state index is 12.8. The maximum absolute atomic E-state index is 12.8. The third-order valence-corrected chi connectivity index (χ3v) is 11.7. The second kappa shape index (κ2) is 31.4. The Balaban J connectivity index is 0.000000355. The van der Waals surface area contributed by atoms with Crippen molar-refractivity contribution in [2.75, 3.05) is 34.0 Å². The van der Waals surface area contributed by atoms with E-state index in [2.05, 4.69) is 13.8 Å². The van der Waals surface area contributed by atoms with Gasteiger partial charge in [-0.05, 0) is 90.8 Å². The number of methoxy groups -OCH3 is 2. The highest BCUT2D eigenvalue weighted by Gasteiger charge is 2.32. The molecule has 1 atom stereocenters. The largest absolute Gasteiger partial charge is 0.416 e. The molecule has 67 heavy (non-hydrogen) atoms. The van der Waals surface area contributed by atoms with Crippen LogP contribution in [0.1, 0.15) is 159 Å². The van der Waals surface area contributed by atoms with Gasteiger partial charge in [0, 0.05) is 33.9 Å². The number of rotatable bonds is 31. The molecule has 0 aromatic heterocycles. The molecule has 0 radical (unpaired) electrons. The Morgan fingerprint density at radius 3 is 1.25 bits per heavy atom. The maximum Gasteiger partial charge on any atom is 0.416 e. The number of hydrogen-bond donors (Lipinski definition) is 0. The van der Waals surface area contributed by atoms with Crippen LogP contribution in [0.3, 0.4) is 0 Å². The van der Waals surface area contributed by atoms with Gasteiger partial charge in [0.25, 0.3) is 12.4 Å². The van der Waals surface area contributed by atoms with Gasteiger partial charge in [0.2, 0.25) is 0 Å². The summed E-state index contributed by atoms with van der Waals surface area (Å²) >= 11 is 0. The lowest BCUT2D eigenvalue weighted by Crippen LogP contribution is -2.37. The molecule has 0 saturated carbocycles. The van der Waals surface area contributed by atoms with Crippen LogP contribution in [-0.4, -0.2) is 46.5 Å². The lowest BCUT2D eigenvalue weighted by atomic mass is 9.98. The van der Waals surface area contributed by atoms with Crippen LogP contribution in [0.4, 0.5) is 26.3 Å². The summed E-state index contributed by atoms with van der Waals surface area (Å²) in [7, 11) is 3.20. The van der Waals surface area contributed by atoms with E-state index in [9.17, 15) is 26.3 Å². The van der Waals surface area contributed by atoms with E-state index in [4.69, 9.17) is 28.4 Å². The van der Waals surface area contributed by atoms with Gasteiger partial charge in [-0.25, -0.2) is 0 Å². The van der Waals surface area contributed by atoms with Crippen molar-refractivity contribution < 1.29 is 54.8 Å². The van der Waals surface area contributed by atoms with Gasteiger partial charge in [-0.2, -0.15) is 26.3 Å². The van der Waals surface area contributed by atoms with Gasteiger partial charge in [0.05, 0.1) is 23.8 Å². The van der Waals surface area contributed by atoms with E-state index in [1.165, 1.54) is 88.5 Å². The van der Waals surface area contributed by atoms with Crippen LogP contribution in [0.15, 0.2) is 97.1 Å². The topological polar surface area (TPSA) is 55.4 Å². The molecule has 0 fully saturated rings. The van der Waals surface area contributed by atoms with Crippen LogP contribution in [-0.2, 0) is 47.2 Å². The van der Waals surface area contributed by atoms with Crippen LogP contribution < -0.4 is 0 Å². The highest BCUT2D eigenvalue weighted by molar-refractivity contribution is 5.65. The summed E-state index contributed by atoms with van der Waals surface area (Å²) in [6.07, 6.45) is 10.3. The minimum atomic E-state index is -4.33. The van der Waals surface area contributed by atoms with Crippen molar-refractivity contribution in [1.29, 1.82) is 0 Å². The fraction of sp³-hybridized carbons (Fsp3) is 0.564. The average molecular weight is 947 g/mol. The molecule has 0 aliphatic heterocycles. The van der Waals surface area contributed by atoms with Gasteiger partial charge in [0.1, 0.15) is 0 Å². The molecule has 6 nitrogen and oxygen atoms in total. The lowest BCUT2D eigenvalue weighted by Gasteiger charge is -2.30. The van der Waals surface area contributed by atoms with Crippen molar-refractivity contribution in [2.24, 2.45) is 0 Å². The quantitative estimate of drug-likeness (QED) is 0.0285. The lowest BCUT2D eigenvalue weighted by molar-refractivity contribution is -0.365. The van der Waals surface area contributed by atoms with Gasteiger partial charge < -0.3 is 28.4 Å². The van der Waals surface area contributed by atoms with E-state index in [0.29, 0.717) is 32.7 Å². The average Bonchev–Trinajstić information content (AvgIpc) is 3.32. The minimum absolute atomic E-state index is 0.180. The van der Waals surface area contributed by atoms with Gasteiger partial charge in [-0.3, -0.25) is 0 Å². The summed E-state index contributed by atoms with van der Waals surface area (Å²) in [5.74, 6) is -1.02. The molecule has 0 N–H and O–H groups in total. The summed E-state index contributed by atoms with van der Waals surface area (Å²) in [4.78, 5) is 0. The van der Waals surface area contributed by atoms with Crippen LogP contribution in [0, 0.1) is 0 Å². The Labute approximate surface area is 397 Å². The zero-order valence-electron chi connectivity index (χ0n) is 40.8. The molecule has 0 bridgehead atoms. The predicted molar refractivity (Wildman–Crippen MR) is 256 cm³/mol. The second-order valence-corrected chi connectivity index (χ2v) is 16.8. The molecule has 4 aromatic rings. The molecule has 374 valence electrons. The molecular formula is C55H76F6O6. The number of hydrogen-bond acceptors (Lipinski definition) is 6. The SMILES string of the molecule is CCCCCCCCCC(OC(OCC)OCC)c1ccc(-c2ccc(C(F)(F)F)cc2)cc1.CCCCCCCCCC(OC)(OC)OCCc1ccc(-c2ccc(C(F)(F)F)cc2)cc1. The van der Waals surface area contributed by atoms with E-state index < -0.39 is 35.9 Å². The fourth-order valence-electron chi connectivity index (χ4n) is 7.69. The van der Waals surface area contributed by atoms with Crippen molar-refractivity contribution in [3.63, 3.8) is 0 Å². The first-order valence-electron chi connectivity index (χ1n) is 24.4. The highest BCUT2D eigenvalue weighted by Crippen LogP contribution is 2.34. The highest BCUT2D eigenvalue weighted by atomic mass is 19.4. The van der Waals surface area contributed by atoms with Crippen LogP contribution >= 0.6 is 0 Å². The Hall–Kier alpha value is -3.78. The first kappa shape index (κ1) is 57.5. The molecule has 0 heterocycles. The summed E-state index contributed by atoms with van der Waals surface area (Å²) in [5.41, 5.74) is 4.01. The van der Waals surface area contributed by atoms with Gasteiger partial charge in [0.15, 0.2) is 0 Å². The Bertz CT molecular complexity index is 1840. The number of benzene rings is 4. The van der Waals surface area contributed by atoms with E-state index in [1.807, 2.05) is 62.4 Å². The van der Waals surface area contributed by atoms with Crippen LogP contribution in [0.2, 0.25) is 0 Å². The predicted octanol–water partition coefficient (Wildman–Crippen LogP) is 16.9. The van der Waals surface area contributed by atoms with Crippen molar-refractivity contribution >= 4 is 0 Å². The minimum Gasteiger partial charge on any atom is -0.331 e. The standard InChI is InChI=1S/C28H39F3O3.C27H37F3O3/c1-4-7-8-9-10-11-12-13-26(34-27(32-5-2)33-6-3)24-16-14-22(15-17-24)23-18-20-25(21-19-23)28(29,30)31;1-4-5-6-7-8-9-10-20-26(31-2,32-3)33-21-19-22-11-13-23(14-12-22)24-15-17-25(18-16-24)27(28,29)30/h14-21,26-27H,4-13H2,1-3H3;11-18H,4-10,19-21H2,1-3H3. The third kappa shape index (κ3) is 21.6. The van der Waals surface area contributed by atoms with Crippen molar-refractivity contribution in [3.8, 4) is 22.3 Å². The van der Waals surface area contributed by atoms with Gasteiger partial charge in [-0.1, -0.05) is 170 Å². The Morgan fingerprint density at radius 1 is 0.463 bits per heavy atom. The van der Waals surface area contributed by atoms with E-state index >= 15 is 0 Å². The molecule has 0 aliphatic rings. The molecule has 12 heteroatoms. The number of ether oxygens (including phenoxy) is 6. The van der Waals surface area contributed by atoms with Crippen molar-refractivity contribution in [1.82, 2.24) is 0 Å². The van der Waals surface area contributed by atoms with Crippen molar-refractivity contribution in [3.05, 3.63) is 119 Å². The number of unbranched alkanes of at least 4 members (excludes halogenated alkanes) is 12. The zero-order valence-corrected chi connectivity index (χ0v) is 40.8. The molecule has 1 unspecified atom stereocenters. The molecule has 4 rings (SSSR count). The Morgan fingerprint density at radius 2 is 0.851 bits per heavy atom. The van der Waals surface area contributed by atoms with Gasteiger partial charge in [-0.15, -0.1) is 0 Å². The van der Waals surface area contributed by atoms with Crippen LogP contribution in [0.5, 0.6) is 0 Å². The van der Waals surface area contributed by atoms with Gasteiger partial charge >= 0.3 is 12.4 Å². The number of alkyl halides is 6. The summed E-state index contributed by atoms with van der Waals surface area (Å²) in [5, 5.41) is 0. The van der Waals surface area contributed by atoms with Crippen molar-refractivity contribution in [2.45, 2.75) is 168 Å². The molecular weight excluding hydrogens is 871 g/mol. The summed E-state index contributed by atoms with van der Waals surface area (Å²) in [6.45, 7) is 8.94. The monoisotopic (exact) mass is 947 g/mol. The zero-order chi connectivity index (χ0) is 49.0. The molecule has 0 aliphatic carbocycles. The molecule has 4 aromatic carbocycles. The van der Waals surface area contributed by atoms with Crippen LogP contribution in [0.25, 0.3) is 22.3 Å². The third-order valence-electron chi connectivity index (χ3n) is 11.7. The first-order valence-corrected chi connectivity index (χ1v) is 24.4. The van der Waals surface area contributed by atoms with E-state index in [0.717, 1.165) is 89.8 Å². The molecule has 0 saturated heterocycles. The fourth-order valence-corrected chi connectivity index (χ4v) is 7.69. The van der Waals surface area contributed by atoms with E-state index in [1.54, 1.807) is 14.2 Å².